The lowest BCUT2D eigenvalue weighted by Crippen LogP contribution is -1.94. The summed E-state index contributed by atoms with van der Waals surface area (Å²) in [5, 5.41) is 9.86. The minimum Gasteiger partial charge on any atom is -0.388 e. The predicted octanol–water partition coefficient (Wildman–Crippen LogP) is 3.35. The molecule has 0 spiro atoms. The quantitative estimate of drug-likeness (QED) is 0.720. The van der Waals surface area contributed by atoms with Crippen molar-refractivity contribution >= 4 is 0 Å². The molecule has 0 bridgehead atoms. The van der Waals surface area contributed by atoms with Crippen molar-refractivity contribution in [3.05, 3.63) is 34.9 Å². The molecule has 0 saturated heterocycles. The highest BCUT2D eigenvalue weighted by molar-refractivity contribution is 5.40. The van der Waals surface area contributed by atoms with Crippen LogP contribution in [0, 0.1) is 0 Å². The molecule has 1 aliphatic rings. The fourth-order valence-corrected chi connectivity index (χ4v) is 2.28. The van der Waals surface area contributed by atoms with E-state index in [2.05, 4.69) is 39.0 Å². The highest BCUT2D eigenvalue weighted by Crippen LogP contribution is 2.40. The number of hydrogen-bond acceptors (Lipinski definition) is 1. The van der Waals surface area contributed by atoms with Crippen LogP contribution in [0.5, 0.6) is 0 Å². The third-order valence-corrected chi connectivity index (χ3v) is 3.24. The van der Waals surface area contributed by atoms with Gasteiger partial charge in [-0.15, -0.1) is 0 Å². The van der Waals surface area contributed by atoms with Gasteiger partial charge in [-0.2, -0.15) is 0 Å². The van der Waals surface area contributed by atoms with E-state index in [1.807, 2.05) is 0 Å². The number of benzene rings is 1. The third kappa shape index (κ3) is 1.46. The Kier molecular flexibility index (Phi) is 2.36. The lowest BCUT2D eigenvalue weighted by Gasteiger charge is -2.10. The van der Waals surface area contributed by atoms with Crippen LogP contribution < -0.4 is 0 Å². The molecule has 0 aromatic heterocycles. The van der Waals surface area contributed by atoms with Crippen LogP contribution in [0.3, 0.4) is 0 Å². The van der Waals surface area contributed by atoms with Crippen molar-refractivity contribution in [2.24, 2.45) is 0 Å². The molecule has 0 amide bonds. The van der Waals surface area contributed by atoms with E-state index in [9.17, 15) is 5.11 Å². The molecule has 1 heteroatoms. The van der Waals surface area contributed by atoms with E-state index in [0.717, 1.165) is 12.0 Å². The Hall–Kier alpha value is -0.820. The van der Waals surface area contributed by atoms with Crippen molar-refractivity contribution in [3.8, 4) is 0 Å². The van der Waals surface area contributed by atoms with Crippen LogP contribution >= 0.6 is 0 Å². The second kappa shape index (κ2) is 3.39. The topological polar surface area (TPSA) is 20.2 Å². The Morgan fingerprint density at radius 2 is 2.00 bits per heavy atom. The Morgan fingerprint density at radius 1 is 1.29 bits per heavy atom. The number of aliphatic hydroxyl groups excluding tert-OH is 1. The average molecular weight is 190 g/mol. The summed E-state index contributed by atoms with van der Waals surface area (Å²) < 4.78 is 0. The van der Waals surface area contributed by atoms with Crippen LogP contribution in [-0.4, -0.2) is 5.11 Å². The Balaban J connectivity index is 2.45. The van der Waals surface area contributed by atoms with Gasteiger partial charge in [0.05, 0.1) is 6.10 Å². The molecular formula is C13H18O. The summed E-state index contributed by atoms with van der Waals surface area (Å²) in [7, 11) is 0. The third-order valence-electron chi connectivity index (χ3n) is 3.24. The summed E-state index contributed by atoms with van der Waals surface area (Å²) in [5.41, 5.74) is 3.82. The Labute approximate surface area is 85.8 Å². The molecule has 0 heterocycles. The maximum Gasteiger partial charge on any atom is 0.0798 e. The average Bonchev–Trinajstić information content (AvgIpc) is 2.42. The first-order chi connectivity index (χ1) is 6.59. The van der Waals surface area contributed by atoms with E-state index in [4.69, 9.17) is 0 Å². The SMILES string of the molecule is CC(C)c1ccc2c(c1)C(O)CC2C. The van der Waals surface area contributed by atoms with Gasteiger partial charge in [0.2, 0.25) is 0 Å². The monoisotopic (exact) mass is 190 g/mol. The number of rotatable bonds is 1. The molecule has 0 radical (unpaired) electrons. The Morgan fingerprint density at radius 3 is 2.64 bits per heavy atom. The minimum atomic E-state index is -0.237. The van der Waals surface area contributed by atoms with E-state index < -0.39 is 0 Å². The maximum absolute atomic E-state index is 9.86. The molecule has 2 atom stereocenters. The van der Waals surface area contributed by atoms with Crippen molar-refractivity contribution in [3.63, 3.8) is 0 Å². The van der Waals surface area contributed by atoms with E-state index in [1.54, 1.807) is 0 Å². The first-order valence-electron chi connectivity index (χ1n) is 5.41. The van der Waals surface area contributed by atoms with Crippen molar-refractivity contribution in [2.45, 2.75) is 45.1 Å². The second-order valence-corrected chi connectivity index (χ2v) is 4.70. The molecule has 0 saturated carbocycles. The van der Waals surface area contributed by atoms with Crippen LogP contribution in [-0.2, 0) is 0 Å². The van der Waals surface area contributed by atoms with Crippen molar-refractivity contribution in [2.75, 3.05) is 0 Å². The van der Waals surface area contributed by atoms with Gasteiger partial charge >= 0.3 is 0 Å². The van der Waals surface area contributed by atoms with Crippen LogP contribution in [0.15, 0.2) is 18.2 Å². The molecule has 0 aliphatic heterocycles. The summed E-state index contributed by atoms with van der Waals surface area (Å²) in [4.78, 5) is 0. The first kappa shape index (κ1) is 9.72. The fraction of sp³-hybridized carbons (Fsp3) is 0.538. The molecule has 1 aromatic rings. The van der Waals surface area contributed by atoms with Gasteiger partial charge in [-0.25, -0.2) is 0 Å². The zero-order valence-corrected chi connectivity index (χ0v) is 9.12. The molecule has 1 aliphatic carbocycles. The van der Waals surface area contributed by atoms with Crippen LogP contribution in [0.1, 0.15) is 61.8 Å². The lowest BCUT2D eigenvalue weighted by molar-refractivity contribution is 0.174. The molecule has 1 nitrogen and oxygen atoms in total. The molecule has 0 fully saturated rings. The van der Waals surface area contributed by atoms with Crippen molar-refractivity contribution < 1.29 is 5.11 Å². The van der Waals surface area contributed by atoms with Gasteiger partial charge in [-0.05, 0) is 34.9 Å². The van der Waals surface area contributed by atoms with E-state index in [1.165, 1.54) is 11.1 Å². The molecule has 14 heavy (non-hydrogen) atoms. The highest BCUT2D eigenvalue weighted by atomic mass is 16.3. The van der Waals surface area contributed by atoms with Crippen molar-refractivity contribution in [1.82, 2.24) is 0 Å². The van der Waals surface area contributed by atoms with E-state index in [-0.39, 0.29) is 6.10 Å². The van der Waals surface area contributed by atoms with Crippen LogP contribution in [0.4, 0.5) is 0 Å². The summed E-state index contributed by atoms with van der Waals surface area (Å²) in [6.07, 6.45) is 0.648. The molecule has 2 unspecified atom stereocenters. The zero-order chi connectivity index (χ0) is 10.3. The normalized spacial score (nSPS) is 25.5. The van der Waals surface area contributed by atoms with Gasteiger partial charge in [-0.3, -0.25) is 0 Å². The van der Waals surface area contributed by atoms with Gasteiger partial charge in [0.25, 0.3) is 0 Å². The number of hydrogen-bond donors (Lipinski definition) is 1. The molecular weight excluding hydrogens is 172 g/mol. The second-order valence-electron chi connectivity index (χ2n) is 4.70. The minimum absolute atomic E-state index is 0.237. The zero-order valence-electron chi connectivity index (χ0n) is 9.12. The standard InChI is InChI=1S/C13H18O/c1-8(2)10-4-5-11-9(3)6-13(14)12(11)7-10/h4-5,7-9,13-14H,6H2,1-3H3. The van der Waals surface area contributed by atoms with Gasteiger partial charge in [0.15, 0.2) is 0 Å². The Bertz CT molecular complexity index is 341. The predicted molar refractivity (Wildman–Crippen MR) is 58.5 cm³/mol. The van der Waals surface area contributed by atoms with Gasteiger partial charge in [-0.1, -0.05) is 39.0 Å². The van der Waals surface area contributed by atoms with Crippen LogP contribution in [0.2, 0.25) is 0 Å². The van der Waals surface area contributed by atoms with Gasteiger partial charge in [0.1, 0.15) is 0 Å². The molecule has 2 rings (SSSR count). The fourth-order valence-electron chi connectivity index (χ4n) is 2.28. The highest BCUT2D eigenvalue weighted by Gasteiger charge is 2.26. The summed E-state index contributed by atoms with van der Waals surface area (Å²) in [5.74, 6) is 1.06. The summed E-state index contributed by atoms with van der Waals surface area (Å²) in [6, 6.07) is 6.55. The van der Waals surface area contributed by atoms with Gasteiger partial charge in [0, 0.05) is 0 Å². The lowest BCUT2D eigenvalue weighted by atomic mass is 9.96. The molecule has 1 N–H and O–H groups in total. The molecule has 76 valence electrons. The summed E-state index contributed by atoms with van der Waals surface area (Å²) in [6.45, 7) is 6.56. The number of aliphatic hydroxyl groups is 1. The van der Waals surface area contributed by atoms with E-state index >= 15 is 0 Å². The van der Waals surface area contributed by atoms with E-state index in [0.29, 0.717) is 11.8 Å². The maximum atomic E-state index is 9.86. The molecule has 1 aromatic carbocycles. The largest absolute Gasteiger partial charge is 0.388 e. The smallest absolute Gasteiger partial charge is 0.0798 e. The first-order valence-corrected chi connectivity index (χ1v) is 5.41. The summed E-state index contributed by atoms with van der Waals surface area (Å²) >= 11 is 0. The van der Waals surface area contributed by atoms with Crippen LogP contribution in [0.25, 0.3) is 0 Å². The van der Waals surface area contributed by atoms with Crippen molar-refractivity contribution in [1.29, 1.82) is 0 Å². The number of fused-ring (bicyclic) bond motifs is 1. The van der Waals surface area contributed by atoms with Gasteiger partial charge < -0.3 is 5.11 Å².